The quantitative estimate of drug-likeness (QED) is 0.444. The van der Waals surface area contributed by atoms with Gasteiger partial charge in [0, 0.05) is 0 Å². The highest BCUT2D eigenvalue weighted by molar-refractivity contribution is 9.10. The van der Waals surface area contributed by atoms with Gasteiger partial charge in [-0.25, -0.2) is 0 Å². The molecule has 12 heteroatoms. The van der Waals surface area contributed by atoms with Crippen molar-refractivity contribution < 1.29 is 42.5 Å². The molecule has 0 bridgehead atoms. The van der Waals surface area contributed by atoms with E-state index in [2.05, 4.69) is 52.5 Å². The Balaban J connectivity index is -0.000000252. The number of esters is 1. The molecule has 2 N–H and O–H groups in total. The first-order chi connectivity index (χ1) is 9.37. The van der Waals surface area contributed by atoms with Crippen molar-refractivity contribution in [1.82, 2.24) is 0 Å². The van der Waals surface area contributed by atoms with Crippen LogP contribution < -0.4 is 0 Å². The van der Waals surface area contributed by atoms with Crippen LogP contribution in [0.2, 0.25) is 0 Å². The fraction of sp³-hybridized carbons (Fsp3) is 0.667. The number of carbonyl (C=O) groups excluding carboxylic acids is 1. The summed E-state index contributed by atoms with van der Waals surface area (Å²) in [6, 6.07) is 0. The molecule has 0 fully saturated rings. The smallest absolute Gasteiger partial charge is 0.422 e. The van der Waals surface area contributed by atoms with Gasteiger partial charge in [-0.05, 0) is 6.92 Å². The first-order valence-electron chi connectivity index (χ1n) is 4.80. The Labute approximate surface area is 143 Å². The Bertz CT molecular complexity index is 322. The molecule has 0 spiro atoms. The number of halogens is 6. The lowest BCUT2D eigenvalue weighted by Crippen LogP contribution is -2.20. The lowest BCUT2D eigenvalue weighted by Gasteiger charge is -2.05. The zero-order valence-electron chi connectivity index (χ0n) is 10.5. The van der Waals surface area contributed by atoms with Crippen molar-refractivity contribution in [2.75, 3.05) is 17.3 Å². The van der Waals surface area contributed by atoms with Crippen molar-refractivity contribution in [3.8, 4) is 0 Å². The summed E-state index contributed by atoms with van der Waals surface area (Å²) in [5, 5.41) is 15.4. The normalized spacial score (nSPS) is 11.0. The maximum atomic E-state index is 11.3. The van der Waals surface area contributed by atoms with Gasteiger partial charge in [0.15, 0.2) is 6.61 Å². The zero-order valence-corrected chi connectivity index (χ0v) is 15.3. The monoisotopic (exact) mass is 510 g/mol. The summed E-state index contributed by atoms with van der Waals surface area (Å²) in [7, 11) is 0. The van der Waals surface area contributed by atoms with Crippen LogP contribution in [-0.2, 0) is 19.1 Å². The van der Waals surface area contributed by atoms with E-state index in [1.165, 1.54) is 0 Å². The highest BCUT2D eigenvalue weighted by atomic mass is 79.9. The van der Waals surface area contributed by atoms with E-state index in [-0.39, 0.29) is 10.7 Å². The summed E-state index contributed by atoms with van der Waals surface area (Å²) >= 11 is 8.19. The van der Waals surface area contributed by atoms with Gasteiger partial charge in [-0.3, -0.25) is 14.4 Å². The van der Waals surface area contributed by atoms with E-state index in [4.69, 9.17) is 10.2 Å². The largest absolute Gasteiger partial charge is 0.481 e. The molecule has 126 valence electrons. The molecule has 0 heterocycles. The summed E-state index contributed by atoms with van der Waals surface area (Å²) in [5.74, 6) is -2.57. The number of alkyl halides is 6. The van der Waals surface area contributed by atoms with E-state index in [0.29, 0.717) is 0 Å². The van der Waals surface area contributed by atoms with E-state index < -0.39 is 35.5 Å². The molecule has 1 atom stereocenters. The van der Waals surface area contributed by atoms with Gasteiger partial charge in [-0.15, -0.1) is 0 Å². The van der Waals surface area contributed by atoms with E-state index in [1.54, 1.807) is 6.92 Å². The van der Waals surface area contributed by atoms with E-state index in [1.807, 2.05) is 0 Å². The third-order valence-corrected chi connectivity index (χ3v) is 2.29. The second kappa shape index (κ2) is 14.6. The van der Waals surface area contributed by atoms with Gasteiger partial charge >= 0.3 is 24.1 Å². The molecule has 1 unspecified atom stereocenters. The molecule has 21 heavy (non-hydrogen) atoms. The van der Waals surface area contributed by atoms with Gasteiger partial charge in [0.2, 0.25) is 0 Å². The molecule has 0 rings (SSSR count). The maximum Gasteiger partial charge on any atom is 0.422 e. The van der Waals surface area contributed by atoms with Crippen LogP contribution >= 0.6 is 47.8 Å². The number of hydrogen-bond acceptors (Lipinski definition) is 4. The van der Waals surface area contributed by atoms with Crippen LogP contribution in [0.15, 0.2) is 0 Å². The third kappa shape index (κ3) is 32.8. The SMILES string of the molecule is CC(Br)C(=O)O.O=C(CBr)OCC(F)(F)F.O=C(O)CBr. The van der Waals surface area contributed by atoms with Crippen molar-refractivity contribution in [3.05, 3.63) is 0 Å². The molecule has 0 aromatic heterocycles. The van der Waals surface area contributed by atoms with Crippen LogP contribution in [0.4, 0.5) is 13.2 Å². The van der Waals surface area contributed by atoms with E-state index >= 15 is 0 Å². The lowest BCUT2D eigenvalue weighted by molar-refractivity contribution is -0.184. The minimum atomic E-state index is -4.43. The molecule has 0 amide bonds. The van der Waals surface area contributed by atoms with Crippen molar-refractivity contribution in [3.63, 3.8) is 0 Å². The molecule has 0 saturated heterocycles. The first kappa shape index (κ1) is 25.6. The number of carboxylic acid groups (broad SMARTS) is 2. The Morgan fingerprint density at radius 1 is 1.14 bits per heavy atom. The maximum absolute atomic E-state index is 11.3. The summed E-state index contributed by atoms with van der Waals surface area (Å²) in [5.41, 5.74) is 0. The number of carbonyl (C=O) groups is 3. The topological polar surface area (TPSA) is 101 Å². The standard InChI is InChI=1S/C4H4BrF3O2.C3H5BrO2.C2H3BrO2/c5-1-3(9)10-2-4(6,7)8;1-2(4)3(5)6;3-1-2(4)5/h1-2H2;2H,1H3,(H,5,6);1H2,(H,4,5). The Morgan fingerprint density at radius 3 is 1.62 bits per heavy atom. The highest BCUT2D eigenvalue weighted by Gasteiger charge is 2.29. The van der Waals surface area contributed by atoms with Crippen molar-refractivity contribution >= 4 is 65.7 Å². The van der Waals surface area contributed by atoms with Gasteiger partial charge in [0.1, 0.15) is 15.5 Å². The molecular formula is C9H12Br3F3O6. The molecule has 0 aliphatic rings. The predicted molar refractivity (Wildman–Crippen MR) is 78.3 cm³/mol. The van der Waals surface area contributed by atoms with Crippen LogP contribution in [0.25, 0.3) is 0 Å². The van der Waals surface area contributed by atoms with Gasteiger partial charge in [0.25, 0.3) is 0 Å². The fourth-order valence-corrected chi connectivity index (χ4v) is 0.363. The Hall–Kier alpha value is -0.360. The average molecular weight is 513 g/mol. The molecular weight excluding hydrogens is 501 g/mol. The van der Waals surface area contributed by atoms with Gasteiger partial charge in [-0.1, -0.05) is 47.8 Å². The first-order valence-corrected chi connectivity index (χ1v) is 7.96. The zero-order chi connectivity index (χ0) is 17.6. The number of ether oxygens (including phenoxy) is 1. The molecule has 0 aromatic rings. The van der Waals surface area contributed by atoms with Gasteiger partial charge in [0.05, 0.1) is 0 Å². The minimum Gasteiger partial charge on any atom is -0.481 e. The van der Waals surface area contributed by atoms with Crippen LogP contribution in [0.5, 0.6) is 0 Å². The second-order valence-corrected chi connectivity index (χ2v) is 5.39. The molecule has 0 aromatic carbocycles. The second-order valence-electron chi connectivity index (χ2n) is 2.89. The highest BCUT2D eigenvalue weighted by Crippen LogP contribution is 2.14. The van der Waals surface area contributed by atoms with Crippen molar-refractivity contribution in [2.24, 2.45) is 0 Å². The fourth-order valence-electron chi connectivity index (χ4n) is 0.201. The van der Waals surface area contributed by atoms with Gasteiger partial charge in [-0.2, -0.15) is 13.2 Å². The third-order valence-electron chi connectivity index (χ3n) is 0.961. The molecule has 0 radical (unpaired) electrons. The van der Waals surface area contributed by atoms with Crippen LogP contribution in [0, 0.1) is 0 Å². The molecule has 0 saturated carbocycles. The lowest BCUT2D eigenvalue weighted by atomic mass is 10.5. The van der Waals surface area contributed by atoms with Gasteiger partial charge < -0.3 is 14.9 Å². The average Bonchev–Trinajstić information content (AvgIpc) is 2.36. The number of hydrogen-bond donors (Lipinski definition) is 2. The van der Waals surface area contributed by atoms with E-state index in [0.717, 1.165) is 0 Å². The summed E-state index contributed by atoms with van der Waals surface area (Å²) < 4.78 is 37.5. The summed E-state index contributed by atoms with van der Waals surface area (Å²) in [6.07, 6.45) is -4.43. The summed E-state index contributed by atoms with van der Waals surface area (Å²) in [4.78, 5) is 28.6. The van der Waals surface area contributed by atoms with E-state index in [9.17, 15) is 27.6 Å². The van der Waals surface area contributed by atoms with Crippen LogP contribution in [-0.4, -0.2) is 56.4 Å². The molecule has 0 aliphatic heterocycles. The Morgan fingerprint density at radius 2 is 1.48 bits per heavy atom. The molecule has 0 aliphatic carbocycles. The van der Waals surface area contributed by atoms with Crippen LogP contribution in [0.1, 0.15) is 6.92 Å². The minimum absolute atomic E-state index is 0.0347. The Kier molecular flexibility index (Phi) is 17.8. The van der Waals surface area contributed by atoms with Crippen molar-refractivity contribution in [1.29, 1.82) is 0 Å². The number of carboxylic acids is 2. The predicted octanol–water partition coefficient (Wildman–Crippen LogP) is 2.81. The van der Waals surface area contributed by atoms with Crippen LogP contribution in [0.3, 0.4) is 0 Å². The number of rotatable bonds is 4. The van der Waals surface area contributed by atoms with Crippen molar-refractivity contribution in [2.45, 2.75) is 17.9 Å². The number of aliphatic carboxylic acids is 2. The summed E-state index contributed by atoms with van der Waals surface area (Å²) in [6.45, 7) is 0.0414. The molecule has 6 nitrogen and oxygen atoms in total.